The zero-order valence-electron chi connectivity index (χ0n) is 26.6. The molecule has 0 fully saturated rings. The number of hydrogen-bond donors (Lipinski definition) is 1. The van der Waals surface area contributed by atoms with E-state index in [9.17, 15) is 5.02 Å². The van der Waals surface area contributed by atoms with Crippen molar-refractivity contribution in [3.8, 4) is 44.5 Å². The van der Waals surface area contributed by atoms with Crippen molar-refractivity contribution in [2.45, 2.75) is 38.5 Å². The number of benzene rings is 7. The molecule has 0 unspecified atom stereocenters. The molecule has 0 aromatic heterocycles. The minimum Gasteiger partial charge on any atom is -0.450 e. The Balaban J connectivity index is 1.33. The molecule has 0 heterocycles. The maximum atomic E-state index is 10.2. The number of rotatable bonds is 3. The van der Waals surface area contributed by atoms with Gasteiger partial charge in [-0.3, -0.25) is 0 Å². The average Bonchev–Trinajstić information content (AvgIpc) is 3.46. The van der Waals surface area contributed by atoms with Gasteiger partial charge in [-0.05, 0) is 100 Å². The molecule has 7 aromatic carbocycles. The summed E-state index contributed by atoms with van der Waals surface area (Å²) in [5.74, 6) is 0. The van der Waals surface area contributed by atoms with Crippen LogP contribution in [0.3, 0.4) is 0 Å². The summed E-state index contributed by atoms with van der Waals surface area (Å²) >= 11 is 0. The lowest BCUT2D eigenvalue weighted by atomic mass is 9.78. The van der Waals surface area contributed by atoms with Crippen LogP contribution in [0.5, 0.6) is 0 Å². The molecule has 2 aliphatic carbocycles. The first kappa shape index (κ1) is 27.4. The van der Waals surface area contributed by atoms with E-state index in [0.29, 0.717) is 0 Å². The second-order valence-corrected chi connectivity index (χ2v) is 14.1. The van der Waals surface area contributed by atoms with Crippen LogP contribution in [0, 0.1) is 0 Å². The van der Waals surface area contributed by atoms with Crippen LogP contribution in [0.4, 0.5) is 0 Å². The Bertz CT molecular complexity index is 2410. The van der Waals surface area contributed by atoms with Gasteiger partial charge in [0.15, 0.2) is 0 Å². The molecule has 0 spiro atoms. The van der Waals surface area contributed by atoms with Crippen molar-refractivity contribution in [2.75, 3.05) is 0 Å². The molecule has 1 radical (unpaired) electrons. The normalized spacial score (nSPS) is 15.0. The molecule has 9 rings (SSSR count). The summed E-state index contributed by atoms with van der Waals surface area (Å²) in [7, 11) is 1.22. The topological polar surface area (TPSA) is 20.2 Å². The van der Waals surface area contributed by atoms with Crippen LogP contribution in [0.1, 0.15) is 49.9 Å². The molecule has 0 saturated heterocycles. The summed E-state index contributed by atoms with van der Waals surface area (Å²) in [5.41, 5.74) is 16.3. The third-order valence-electron chi connectivity index (χ3n) is 10.9. The molecule has 0 amide bonds. The molecule has 2 aliphatic rings. The quantitative estimate of drug-likeness (QED) is 0.161. The maximum absolute atomic E-state index is 10.2. The van der Waals surface area contributed by atoms with Crippen molar-refractivity contribution in [1.82, 2.24) is 0 Å². The predicted octanol–water partition coefficient (Wildman–Crippen LogP) is 10.2. The third kappa shape index (κ3) is 3.62. The number of fused-ring (bicyclic) bond motifs is 8. The highest BCUT2D eigenvalue weighted by molar-refractivity contribution is 6.46. The SMILES string of the molecule is CC1(C)c2ccccc2-c2ccc(-c3c4ccccc4c(-c4ccc5c(c4)C(C)(C)c4ccccc4-5)c4cc([B]O)ccc34)cc21. The van der Waals surface area contributed by atoms with Gasteiger partial charge in [0.05, 0.1) is 0 Å². The lowest BCUT2D eigenvalue weighted by Gasteiger charge is -2.24. The van der Waals surface area contributed by atoms with E-state index in [-0.39, 0.29) is 10.8 Å². The Morgan fingerprint density at radius 2 is 0.848 bits per heavy atom. The molecule has 2 heteroatoms. The van der Waals surface area contributed by atoms with Gasteiger partial charge in [-0.25, -0.2) is 0 Å². The van der Waals surface area contributed by atoms with Crippen molar-refractivity contribution in [3.63, 3.8) is 0 Å². The molecule has 7 aromatic rings. The molecule has 219 valence electrons. The second-order valence-electron chi connectivity index (χ2n) is 14.1. The molecular weight excluding hydrogens is 555 g/mol. The summed E-state index contributed by atoms with van der Waals surface area (Å²) in [4.78, 5) is 0. The van der Waals surface area contributed by atoms with Crippen molar-refractivity contribution >= 4 is 34.5 Å². The van der Waals surface area contributed by atoms with Gasteiger partial charge in [-0.15, -0.1) is 0 Å². The van der Waals surface area contributed by atoms with Crippen LogP contribution in [-0.4, -0.2) is 12.5 Å². The van der Waals surface area contributed by atoms with Gasteiger partial charge >= 0.3 is 7.48 Å². The molecule has 46 heavy (non-hydrogen) atoms. The summed E-state index contributed by atoms with van der Waals surface area (Å²) in [6.07, 6.45) is 0. The van der Waals surface area contributed by atoms with Gasteiger partial charge in [0.2, 0.25) is 0 Å². The lowest BCUT2D eigenvalue weighted by Crippen LogP contribution is -2.15. The van der Waals surface area contributed by atoms with Crippen LogP contribution in [-0.2, 0) is 10.8 Å². The summed E-state index contributed by atoms with van der Waals surface area (Å²) in [6, 6.07) is 47.0. The monoisotopic (exact) mass is 589 g/mol. The van der Waals surface area contributed by atoms with Crippen LogP contribution < -0.4 is 5.46 Å². The van der Waals surface area contributed by atoms with E-state index in [1.165, 1.54) is 90.4 Å². The fraction of sp³-hybridized carbons (Fsp3) is 0.136. The lowest BCUT2D eigenvalue weighted by molar-refractivity contribution is 0.615. The Morgan fingerprint density at radius 1 is 0.413 bits per heavy atom. The Hall–Kier alpha value is -4.92. The highest BCUT2D eigenvalue weighted by Gasteiger charge is 2.37. The standard InChI is InChI=1S/C44H34BO/c1-43(2)37-15-9-7-11-29(37)31-20-17-26(23-39(31)43)41-33-13-5-6-14-34(33)42(36-25-28(45-46)19-22-35(36)41)27-18-21-32-30-12-8-10-16-38(30)44(3,4)40(32)24-27/h5-25,46H,1-4H3. The molecule has 0 aliphatic heterocycles. The first-order valence-corrected chi connectivity index (χ1v) is 16.2. The maximum Gasteiger partial charge on any atom is 0.326 e. The van der Waals surface area contributed by atoms with E-state index < -0.39 is 0 Å². The highest BCUT2D eigenvalue weighted by atomic mass is 16.2. The largest absolute Gasteiger partial charge is 0.450 e. The van der Waals surface area contributed by atoms with Gasteiger partial charge in [0.1, 0.15) is 0 Å². The second kappa shape index (κ2) is 9.55. The predicted molar refractivity (Wildman–Crippen MR) is 195 cm³/mol. The van der Waals surface area contributed by atoms with Gasteiger partial charge in [-0.2, -0.15) is 0 Å². The fourth-order valence-electron chi connectivity index (χ4n) is 8.62. The summed E-state index contributed by atoms with van der Waals surface area (Å²) in [6.45, 7) is 9.37. The number of hydrogen-bond acceptors (Lipinski definition) is 1. The van der Waals surface area contributed by atoms with Crippen molar-refractivity contribution in [1.29, 1.82) is 0 Å². The Kier molecular flexibility index (Phi) is 5.69. The van der Waals surface area contributed by atoms with Gasteiger partial charge in [0, 0.05) is 10.8 Å². The molecule has 1 nitrogen and oxygen atoms in total. The Labute approximate surface area is 271 Å². The van der Waals surface area contributed by atoms with Crippen LogP contribution in [0.25, 0.3) is 66.1 Å². The Morgan fingerprint density at radius 3 is 1.37 bits per heavy atom. The van der Waals surface area contributed by atoms with E-state index >= 15 is 0 Å². The smallest absolute Gasteiger partial charge is 0.326 e. The minimum absolute atomic E-state index is 0.0820. The zero-order chi connectivity index (χ0) is 31.4. The van der Waals surface area contributed by atoms with Gasteiger partial charge in [-0.1, -0.05) is 148 Å². The summed E-state index contributed by atoms with van der Waals surface area (Å²) < 4.78 is 0. The third-order valence-corrected chi connectivity index (χ3v) is 10.9. The molecule has 1 N–H and O–H groups in total. The molecule has 0 atom stereocenters. The molecule has 0 bridgehead atoms. The van der Waals surface area contributed by atoms with E-state index in [1.54, 1.807) is 0 Å². The first-order valence-electron chi connectivity index (χ1n) is 16.2. The van der Waals surface area contributed by atoms with Crippen molar-refractivity contribution in [2.24, 2.45) is 0 Å². The van der Waals surface area contributed by atoms with Gasteiger partial charge in [0.25, 0.3) is 0 Å². The minimum atomic E-state index is -0.0910. The van der Waals surface area contributed by atoms with E-state index in [0.717, 1.165) is 10.8 Å². The van der Waals surface area contributed by atoms with E-state index in [1.807, 2.05) is 6.07 Å². The van der Waals surface area contributed by atoms with E-state index in [2.05, 4.69) is 149 Å². The fourth-order valence-corrected chi connectivity index (χ4v) is 8.62. The van der Waals surface area contributed by atoms with Gasteiger partial charge < -0.3 is 5.02 Å². The van der Waals surface area contributed by atoms with Crippen LogP contribution in [0.15, 0.2) is 127 Å². The van der Waals surface area contributed by atoms with Crippen molar-refractivity contribution < 1.29 is 5.02 Å². The highest BCUT2D eigenvalue weighted by Crippen LogP contribution is 2.53. The van der Waals surface area contributed by atoms with Crippen LogP contribution >= 0.6 is 0 Å². The molecular formula is C44H34BO. The zero-order valence-corrected chi connectivity index (χ0v) is 26.6. The molecule has 0 saturated carbocycles. The average molecular weight is 590 g/mol. The van der Waals surface area contributed by atoms with Crippen LogP contribution in [0.2, 0.25) is 0 Å². The first-order chi connectivity index (χ1) is 22.3. The van der Waals surface area contributed by atoms with Crippen molar-refractivity contribution in [3.05, 3.63) is 150 Å². The summed E-state index contributed by atoms with van der Waals surface area (Å²) in [5, 5.41) is 15.0. The van der Waals surface area contributed by atoms with E-state index in [4.69, 9.17) is 0 Å².